The largest absolute Gasteiger partial charge is 0.402 e. The fraction of sp³-hybridized carbons (Fsp3) is 0.444. The van der Waals surface area contributed by atoms with Crippen LogP contribution >= 0.6 is 0 Å². The minimum absolute atomic E-state index is 0.439. The first-order valence-corrected chi connectivity index (χ1v) is 4.10. The van der Waals surface area contributed by atoms with E-state index < -0.39 is 0 Å². The van der Waals surface area contributed by atoms with Gasteiger partial charge in [0.25, 0.3) is 0 Å². The molecule has 1 rings (SSSR count). The molecule has 0 bridgehead atoms. The fourth-order valence-electron chi connectivity index (χ4n) is 1.55. The van der Waals surface area contributed by atoms with Crippen LogP contribution in [0, 0.1) is 5.92 Å². The van der Waals surface area contributed by atoms with E-state index in [1.165, 1.54) is 6.20 Å². The molecule has 0 radical (unpaired) electrons. The lowest BCUT2D eigenvalue weighted by Gasteiger charge is -2.07. The molecule has 0 heterocycles. The predicted molar refractivity (Wildman–Crippen MR) is 51.4 cm³/mol. The van der Waals surface area contributed by atoms with Crippen LogP contribution in [-0.2, 0) is 0 Å². The van der Waals surface area contributed by atoms with Crippen LogP contribution in [0.2, 0.25) is 0 Å². The normalized spacial score (nSPS) is 24.8. The summed E-state index contributed by atoms with van der Waals surface area (Å²) in [5.41, 5.74) is 13.4. The molecule has 12 heavy (non-hydrogen) atoms. The van der Waals surface area contributed by atoms with Crippen LogP contribution in [0.15, 0.2) is 29.0 Å². The topological polar surface area (TPSA) is 64.4 Å². The Morgan fingerprint density at radius 3 is 2.83 bits per heavy atom. The summed E-state index contributed by atoms with van der Waals surface area (Å²) in [6, 6.07) is 0. The average molecular weight is 165 g/mol. The Kier molecular flexibility index (Phi) is 2.53. The van der Waals surface area contributed by atoms with Crippen LogP contribution in [0.3, 0.4) is 0 Å². The smallest absolute Gasteiger partial charge is 0.128 e. The summed E-state index contributed by atoms with van der Waals surface area (Å²) in [5, 5.41) is 0. The molecule has 3 heteroatoms. The number of hydrogen-bond acceptors (Lipinski definition) is 2. The summed E-state index contributed by atoms with van der Waals surface area (Å²) >= 11 is 0. The van der Waals surface area contributed by atoms with E-state index >= 15 is 0 Å². The van der Waals surface area contributed by atoms with Crippen LogP contribution in [0.4, 0.5) is 0 Å². The van der Waals surface area contributed by atoms with Crippen molar-refractivity contribution in [2.75, 3.05) is 0 Å². The van der Waals surface area contributed by atoms with Gasteiger partial charge in [-0.2, -0.15) is 0 Å². The number of amidine groups is 1. The Hall–Kier alpha value is -1.25. The first kappa shape index (κ1) is 8.84. The first-order chi connectivity index (χ1) is 5.66. The molecule has 66 valence electrons. The standard InChI is InChI=1S/C9H15N3/c1-3-12-9(11)8-6(2)4-5-7(8)10/h3,6H,1,4-5,10H2,2H3,(H2,11,12)/t6-/m1/s1. The number of nitrogens with two attached hydrogens (primary N) is 2. The van der Waals surface area contributed by atoms with Gasteiger partial charge >= 0.3 is 0 Å². The third-order valence-electron chi connectivity index (χ3n) is 2.19. The Morgan fingerprint density at radius 1 is 1.75 bits per heavy atom. The van der Waals surface area contributed by atoms with Crippen molar-refractivity contribution in [3.8, 4) is 0 Å². The zero-order chi connectivity index (χ0) is 9.14. The minimum Gasteiger partial charge on any atom is -0.402 e. The summed E-state index contributed by atoms with van der Waals surface area (Å²) in [5.74, 6) is 0.959. The van der Waals surface area contributed by atoms with Crippen molar-refractivity contribution < 1.29 is 0 Å². The molecule has 0 aliphatic heterocycles. The van der Waals surface area contributed by atoms with Gasteiger partial charge in [-0.05, 0) is 18.8 Å². The monoisotopic (exact) mass is 165 g/mol. The van der Waals surface area contributed by atoms with Crippen molar-refractivity contribution in [3.63, 3.8) is 0 Å². The maximum absolute atomic E-state index is 5.79. The summed E-state index contributed by atoms with van der Waals surface area (Å²) in [6.07, 6.45) is 3.46. The van der Waals surface area contributed by atoms with Crippen molar-refractivity contribution in [1.82, 2.24) is 0 Å². The molecule has 1 aliphatic carbocycles. The van der Waals surface area contributed by atoms with Crippen molar-refractivity contribution in [1.29, 1.82) is 0 Å². The number of allylic oxidation sites excluding steroid dienone is 1. The second-order valence-electron chi connectivity index (χ2n) is 3.08. The molecule has 0 aromatic carbocycles. The molecule has 0 amide bonds. The molecule has 0 saturated carbocycles. The van der Waals surface area contributed by atoms with Crippen LogP contribution in [-0.4, -0.2) is 5.84 Å². The van der Waals surface area contributed by atoms with E-state index in [1.54, 1.807) is 0 Å². The molecule has 4 N–H and O–H groups in total. The van der Waals surface area contributed by atoms with Crippen LogP contribution in [0.25, 0.3) is 0 Å². The van der Waals surface area contributed by atoms with Gasteiger partial charge in [0.15, 0.2) is 0 Å². The van der Waals surface area contributed by atoms with Gasteiger partial charge in [0.2, 0.25) is 0 Å². The molecule has 1 atom stereocenters. The van der Waals surface area contributed by atoms with Crippen molar-refractivity contribution in [2.24, 2.45) is 22.4 Å². The zero-order valence-corrected chi connectivity index (χ0v) is 7.38. The average Bonchev–Trinajstić information content (AvgIpc) is 2.32. The van der Waals surface area contributed by atoms with E-state index in [9.17, 15) is 0 Å². The van der Waals surface area contributed by atoms with Gasteiger partial charge in [-0.15, -0.1) is 0 Å². The molecule has 3 nitrogen and oxygen atoms in total. The molecular formula is C9H15N3. The third-order valence-corrected chi connectivity index (χ3v) is 2.19. The van der Waals surface area contributed by atoms with Crippen molar-refractivity contribution in [2.45, 2.75) is 19.8 Å². The number of aliphatic imine (C=N–C) groups is 1. The van der Waals surface area contributed by atoms with Crippen LogP contribution in [0.1, 0.15) is 19.8 Å². The summed E-state index contributed by atoms with van der Waals surface area (Å²) in [6.45, 7) is 5.60. The molecule has 0 fully saturated rings. The Bertz CT molecular complexity index is 250. The van der Waals surface area contributed by atoms with E-state index in [0.29, 0.717) is 11.8 Å². The van der Waals surface area contributed by atoms with Gasteiger partial charge in [0.1, 0.15) is 5.84 Å². The highest BCUT2D eigenvalue weighted by Gasteiger charge is 2.22. The summed E-state index contributed by atoms with van der Waals surface area (Å²) in [7, 11) is 0. The van der Waals surface area contributed by atoms with Gasteiger partial charge in [-0.3, -0.25) is 0 Å². The molecule has 0 aromatic rings. The number of nitrogens with zero attached hydrogens (tertiary/aromatic N) is 1. The van der Waals surface area contributed by atoms with Crippen LogP contribution < -0.4 is 11.5 Å². The second-order valence-corrected chi connectivity index (χ2v) is 3.08. The highest BCUT2D eigenvalue weighted by molar-refractivity contribution is 5.98. The quantitative estimate of drug-likeness (QED) is 0.476. The van der Waals surface area contributed by atoms with Gasteiger partial charge in [0, 0.05) is 17.5 Å². The number of hydrogen-bond donors (Lipinski definition) is 2. The fourth-order valence-corrected chi connectivity index (χ4v) is 1.55. The van der Waals surface area contributed by atoms with E-state index in [2.05, 4.69) is 18.5 Å². The lowest BCUT2D eigenvalue weighted by atomic mass is 10.0. The third kappa shape index (κ3) is 1.49. The maximum Gasteiger partial charge on any atom is 0.128 e. The second kappa shape index (κ2) is 3.43. The highest BCUT2D eigenvalue weighted by Crippen LogP contribution is 2.28. The van der Waals surface area contributed by atoms with Crippen molar-refractivity contribution in [3.05, 3.63) is 24.0 Å². The molecule has 0 spiro atoms. The molecule has 0 aromatic heterocycles. The van der Waals surface area contributed by atoms with E-state index in [4.69, 9.17) is 11.5 Å². The first-order valence-electron chi connectivity index (χ1n) is 4.10. The van der Waals surface area contributed by atoms with Gasteiger partial charge in [0.05, 0.1) is 0 Å². The molecule has 1 aliphatic rings. The van der Waals surface area contributed by atoms with Gasteiger partial charge in [-0.1, -0.05) is 13.5 Å². The maximum atomic E-state index is 5.79. The Morgan fingerprint density at radius 2 is 2.42 bits per heavy atom. The molecular weight excluding hydrogens is 150 g/mol. The lowest BCUT2D eigenvalue weighted by molar-refractivity contribution is 0.683. The zero-order valence-electron chi connectivity index (χ0n) is 7.38. The Balaban J connectivity index is 2.92. The minimum atomic E-state index is 0.439. The van der Waals surface area contributed by atoms with Crippen molar-refractivity contribution >= 4 is 5.84 Å². The van der Waals surface area contributed by atoms with Crippen LogP contribution in [0.5, 0.6) is 0 Å². The van der Waals surface area contributed by atoms with E-state index in [1.807, 2.05) is 0 Å². The number of rotatable bonds is 2. The van der Waals surface area contributed by atoms with E-state index in [-0.39, 0.29) is 0 Å². The predicted octanol–water partition coefficient (Wildman–Crippen LogP) is 1.13. The van der Waals surface area contributed by atoms with E-state index in [0.717, 1.165) is 24.1 Å². The highest BCUT2D eigenvalue weighted by atomic mass is 14.8. The Labute approximate surface area is 72.8 Å². The summed E-state index contributed by atoms with van der Waals surface area (Å²) < 4.78 is 0. The van der Waals surface area contributed by atoms with Gasteiger partial charge < -0.3 is 11.5 Å². The van der Waals surface area contributed by atoms with Gasteiger partial charge in [-0.25, -0.2) is 4.99 Å². The lowest BCUT2D eigenvalue weighted by Crippen LogP contribution is -2.19. The SMILES string of the molecule is C=C/N=C(/N)C1=C(N)CC[C@H]1C. The summed E-state index contributed by atoms with van der Waals surface area (Å²) in [4.78, 5) is 3.93. The molecule has 0 saturated heterocycles. The molecule has 0 unspecified atom stereocenters.